The van der Waals surface area contributed by atoms with Crippen molar-refractivity contribution in [2.75, 3.05) is 0 Å². The van der Waals surface area contributed by atoms with E-state index in [1.165, 1.54) is 19.3 Å². The Morgan fingerprint density at radius 1 is 1.80 bits per heavy atom. The molecular formula is C9H14O. The summed E-state index contributed by atoms with van der Waals surface area (Å²) in [5.74, 6) is 0.675. The van der Waals surface area contributed by atoms with E-state index < -0.39 is 0 Å². The molecule has 0 aliphatic heterocycles. The van der Waals surface area contributed by atoms with E-state index in [9.17, 15) is 4.79 Å². The molecule has 0 amide bonds. The van der Waals surface area contributed by atoms with Crippen molar-refractivity contribution in [1.82, 2.24) is 0 Å². The molecule has 1 unspecified atom stereocenters. The predicted molar refractivity (Wildman–Crippen MR) is 41.8 cm³/mol. The Hall–Kier alpha value is -0.590. The van der Waals surface area contributed by atoms with E-state index in [1.54, 1.807) is 0 Å². The Kier molecular flexibility index (Phi) is 2.67. The van der Waals surface area contributed by atoms with Crippen LogP contribution in [-0.4, -0.2) is 6.29 Å². The maximum Gasteiger partial charge on any atom is 0.145 e. The van der Waals surface area contributed by atoms with Gasteiger partial charge in [-0.1, -0.05) is 13.0 Å². The van der Waals surface area contributed by atoms with Crippen molar-refractivity contribution in [2.45, 2.75) is 32.6 Å². The molecule has 0 spiro atoms. The van der Waals surface area contributed by atoms with E-state index in [4.69, 9.17) is 0 Å². The summed E-state index contributed by atoms with van der Waals surface area (Å²) in [6, 6.07) is 0. The van der Waals surface area contributed by atoms with Gasteiger partial charge in [-0.2, -0.15) is 0 Å². The van der Waals surface area contributed by atoms with Crippen LogP contribution < -0.4 is 0 Å². The van der Waals surface area contributed by atoms with E-state index in [0.29, 0.717) is 5.92 Å². The maximum absolute atomic E-state index is 10.4. The monoisotopic (exact) mass is 138 g/mol. The molecule has 0 bridgehead atoms. The van der Waals surface area contributed by atoms with Crippen LogP contribution in [0.1, 0.15) is 32.6 Å². The smallest absolute Gasteiger partial charge is 0.145 e. The summed E-state index contributed by atoms with van der Waals surface area (Å²) in [6.45, 7) is 2.18. The van der Waals surface area contributed by atoms with Crippen molar-refractivity contribution in [3.63, 3.8) is 0 Å². The number of rotatable bonds is 2. The summed E-state index contributed by atoms with van der Waals surface area (Å²) in [5, 5.41) is 0. The van der Waals surface area contributed by atoms with Crippen molar-refractivity contribution in [3.8, 4) is 0 Å². The summed E-state index contributed by atoms with van der Waals surface area (Å²) in [5.41, 5.74) is 1.01. The molecule has 0 aromatic heterocycles. The molecule has 0 radical (unpaired) electrons. The van der Waals surface area contributed by atoms with Crippen LogP contribution in [0.5, 0.6) is 0 Å². The fourth-order valence-corrected chi connectivity index (χ4v) is 1.46. The van der Waals surface area contributed by atoms with Crippen LogP contribution in [-0.2, 0) is 4.79 Å². The standard InChI is InChI=1S/C9H14O/c1-2-8-4-3-5-9(6-8)7-10/h6-8H,2-5H2,1H3. The van der Waals surface area contributed by atoms with Gasteiger partial charge in [-0.05, 0) is 37.2 Å². The average Bonchev–Trinajstić information content (AvgIpc) is 2.05. The lowest BCUT2D eigenvalue weighted by Gasteiger charge is -2.16. The van der Waals surface area contributed by atoms with Crippen LogP contribution in [0.4, 0.5) is 0 Å². The summed E-state index contributed by atoms with van der Waals surface area (Å²) >= 11 is 0. The van der Waals surface area contributed by atoms with Gasteiger partial charge in [0.15, 0.2) is 0 Å². The summed E-state index contributed by atoms with van der Waals surface area (Å²) in [6.07, 6.45) is 7.78. The zero-order valence-electron chi connectivity index (χ0n) is 6.47. The van der Waals surface area contributed by atoms with Gasteiger partial charge in [-0.15, -0.1) is 0 Å². The third-order valence-corrected chi connectivity index (χ3v) is 2.17. The quantitative estimate of drug-likeness (QED) is 0.535. The first-order chi connectivity index (χ1) is 4.86. The molecule has 0 saturated heterocycles. The number of hydrogen-bond acceptors (Lipinski definition) is 1. The summed E-state index contributed by atoms with van der Waals surface area (Å²) in [4.78, 5) is 10.4. The zero-order chi connectivity index (χ0) is 7.40. The second kappa shape index (κ2) is 3.55. The molecule has 0 saturated carbocycles. The lowest BCUT2D eigenvalue weighted by molar-refractivity contribution is -0.105. The van der Waals surface area contributed by atoms with Gasteiger partial charge < -0.3 is 0 Å². The Balaban J connectivity index is 2.56. The van der Waals surface area contributed by atoms with E-state index in [1.807, 2.05) is 0 Å². The van der Waals surface area contributed by atoms with Gasteiger partial charge in [0.05, 0.1) is 0 Å². The van der Waals surface area contributed by atoms with E-state index in [2.05, 4.69) is 13.0 Å². The van der Waals surface area contributed by atoms with Crippen LogP contribution in [0, 0.1) is 5.92 Å². The number of allylic oxidation sites excluding steroid dienone is 2. The zero-order valence-corrected chi connectivity index (χ0v) is 6.47. The van der Waals surface area contributed by atoms with Crippen molar-refractivity contribution in [2.24, 2.45) is 5.92 Å². The molecule has 0 fully saturated rings. The Labute approximate surface area is 62.1 Å². The number of carbonyl (C=O) groups excluding carboxylic acids is 1. The molecule has 0 aromatic rings. The highest BCUT2D eigenvalue weighted by molar-refractivity contribution is 5.73. The van der Waals surface area contributed by atoms with Gasteiger partial charge in [-0.3, -0.25) is 4.79 Å². The van der Waals surface area contributed by atoms with Gasteiger partial charge >= 0.3 is 0 Å². The van der Waals surface area contributed by atoms with Crippen LogP contribution in [0.15, 0.2) is 11.6 Å². The fourth-order valence-electron chi connectivity index (χ4n) is 1.46. The van der Waals surface area contributed by atoms with Gasteiger partial charge in [0.25, 0.3) is 0 Å². The van der Waals surface area contributed by atoms with Crippen LogP contribution in [0.3, 0.4) is 0 Å². The molecule has 1 aliphatic carbocycles. The topological polar surface area (TPSA) is 17.1 Å². The first-order valence-electron chi connectivity index (χ1n) is 4.02. The molecule has 1 aliphatic rings. The fraction of sp³-hybridized carbons (Fsp3) is 0.667. The Bertz CT molecular complexity index is 147. The third kappa shape index (κ3) is 1.69. The molecule has 1 heteroatoms. The van der Waals surface area contributed by atoms with E-state index in [-0.39, 0.29) is 0 Å². The molecule has 10 heavy (non-hydrogen) atoms. The minimum Gasteiger partial charge on any atom is -0.298 e. The summed E-state index contributed by atoms with van der Waals surface area (Å²) in [7, 11) is 0. The minimum atomic E-state index is 0.675. The second-order valence-corrected chi connectivity index (χ2v) is 2.92. The van der Waals surface area contributed by atoms with Crippen LogP contribution >= 0.6 is 0 Å². The summed E-state index contributed by atoms with van der Waals surface area (Å²) < 4.78 is 0. The molecule has 1 nitrogen and oxygen atoms in total. The van der Waals surface area contributed by atoms with Gasteiger partial charge in [-0.25, -0.2) is 0 Å². The largest absolute Gasteiger partial charge is 0.298 e. The molecule has 0 aromatic carbocycles. The average molecular weight is 138 g/mol. The van der Waals surface area contributed by atoms with Gasteiger partial charge in [0, 0.05) is 0 Å². The van der Waals surface area contributed by atoms with Crippen molar-refractivity contribution in [1.29, 1.82) is 0 Å². The van der Waals surface area contributed by atoms with E-state index >= 15 is 0 Å². The third-order valence-electron chi connectivity index (χ3n) is 2.17. The van der Waals surface area contributed by atoms with E-state index in [0.717, 1.165) is 18.3 Å². The predicted octanol–water partition coefficient (Wildman–Crippen LogP) is 2.32. The minimum absolute atomic E-state index is 0.675. The first kappa shape index (κ1) is 7.52. The SMILES string of the molecule is CCC1C=C(C=O)CCC1. The maximum atomic E-state index is 10.4. The number of aldehydes is 1. The highest BCUT2D eigenvalue weighted by Crippen LogP contribution is 2.23. The van der Waals surface area contributed by atoms with Crippen molar-refractivity contribution in [3.05, 3.63) is 11.6 Å². The molecule has 0 N–H and O–H groups in total. The Morgan fingerprint density at radius 3 is 3.20 bits per heavy atom. The Morgan fingerprint density at radius 2 is 2.60 bits per heavy atom. The van der Waals surface area contributed by atoms with Crippen molar-refractivity contribution >= 4 is 6.29 Å². The number of carbonyl (C=O) groups is 1. The molecule has 56 valence electrons. The van der Waals surface area contributed by atoms with Crippen LogP contribution in [0.2, 0.25) is 0 Å². The molecular weight excluding hydrogens is 124 g/mol. The van der Waals surface area contributed by atoms with Crippen LogP contribution in [0.25, 0.3) is 0 Å². The second-order valence-electron chi connectivity index (χ2n) is 2.92. The highest BCUT2D eigenvalue weighted by Gasteiger charge is 2.10. The van der Waals surface area contributed by atoms with Crippen molar-refractivity contribution < 1.29 is 4.79 Å². The first-order valence-corrected chi connectivity index (χ1v) is 4.02. The lowest BCUT2D eigenvalue weighted by Crippen LogP contribution is -2.03. The lowest BCUT2D eigenvalue weighted by atomic mass is 9.89. The highest BCUT2D eigenvalue weighted by atomic mass is 16.1. The molecule has 1 rings (SSSR count). The number of hydrogen-bond donors (Lipinski definition) is 0. The normalized spacial score (nSPS) is 25.7. The van der Waals surface area contributed by atoms with Gasteiger partial charge in [0.1, 0.15) is 6.29 Å². The molecule has 0 heterocycles. The molecule has 1 atom stereocenters. The van der Waals surface area contributed by atoms with Gasteiger partial charge in [0.2, 0.25) is 0 Å².